The van der Waals surface area contributed by atoms with Crippen molar-refractivity contribution in [3.8, 4) is 0 Å². The van der Waals surface area contributed by atoms with Crippen molar-refractivity contribution < 1.29 is 19.5 Å². The van der Waals surface area contributed by atoms with E-state index in [0.717, 1.165) is 16.5 Å². The minimum absolute atomic E-state index is 0.0794. The number of aromatic amines is 1. The number of carbonyl (C=O) groups is 3. The molecule has 0 unspecified atom stereocenters. The lowest BCUT2D eigenvalue weighted by atomic mass is 10.2. The van der Waals surface area contributed by atoms with Gasteiger partial charge in [-0.3, -0.25) is 9.59 Å². The van der Waals surface area contributed by atoms with Crippen LogP contribution >= 0.6 is 0 Å². The lowest BCUT2D eigenvalue weighted by Gasteiger charge is -2.04. The molecule has 0 aliphatic rings. The van der Waals surface area contributed by atoms with Crippen LogP contribution in [0.25, 0.3) is 10.9 Å². The number of carboxylic acids is 1. The summed E-state index contributed by atoms with van der Waals surface area (Å²) in [5.74, 6) is -2.93. The largest absolute Gasteiger partial charge is 0.478 e. The number of aromatic carboxylic acids is 1. The first-order valence-corrected chi connectivity index (χ1v) is 7.58. The number of nitrogens with zero attached hydrogens (tertiary/aromatic N) is 1. The second-order valence-electron chi connectivity index (χ2n) is 5.33. The molecule has 0 fully saturated rings. The molecule has 0 saturated carbocycles. The molecule has 8 heteroatoms. The number of nitrogens with one attached hydrogen (secondary N) is 3. The molecule has 3 rings (SSSR count). The number of anilines is 1. The van der Waals surface area contributed by atoms with E-state index in [1.165, 1.54) is 30.5 Å². The molecule has 2 aromatic carbocycles. The molecule has 26 heavy (non-hydrogen) atoms. The Morgan fingerprint density at radius 2 is 1.73 bits per heavy atom. The minimum Gasteiger partial charge on any atom is -0.478 e. The Morgan fingerprint density at radius 1 is 1.00 bits per heavy atom. The maximum Gasteiger partial charge on any atom is 0.335 e. The summed E-state index contributed by atoms with van der Waals surface area (Å²) >= 11 is 0. The van der Waals surface area contributed by atoms with Crippen LogP contribution in [-0.2, 0) is 9.59 Å². The van der Waals surface area contributed by atoms with E-state index in [9.17, 15) is 14.4 Å². The van der Waals surface area contributed by atoms with Gasteiger partial charge in [0, 0.05) is 28.4 Å². The van der Waals surface area contributed by atoms with Crippen molar-refractivity contribution in [1.29, 1.82) is 0 Å². The number of hydrogen-bond donors (Lipinski definition) is 4. The van der Waals surface area contributed by atoms with E-state index in [0.29, 0.717) is 5.69 Å². The first-order chi connectivity index (χ1) is 12.5. The Balaban J connectivity index is 1.59. The first-order valence-electron chi connectivity index (χ1n) is 7.58. The third-order valence-electron chi connectivity index (χ3n) is 3.59. The highest BCUT2D eigenvalue weighted by Crippen LogP contribution is 2.15. The fourth-order valence-corrected chi connectivity index (χ4v) is 2.30. The number of carboxylic acid groups (broad SMARTS) is 1. The summed E-state index contributed by atoms with van der Waals surface area (Å²) in [5, 5.41) is 15.9. The third kappa shape index (κ3) is 3.75. The molecule has 0 spiro atoms. The standard InChI is InChI=1S/C18H14N4O4/c23-16(21-13-7-5-11(6-8-13)18(25)26)17(24)22-20-10-12-9-19-15-4-2-1-3-14(12)15/h1-10,19H,(H,21,23)(H,22,24)(H,25,26)/b20-10+. The summed E-state index contributed by atoms with van der Waals surface area (Å²) in [4.78, 5) is 37.4. The number of para-hydroxylation sites is 1. The highest BCUT2D eigenvalue weighted by Gasteiger charge is 2.13. The number of hydrogen-bond acceptors (Lipinski definition) is 4. The van der Waals surface area contributed by atoms with Crippen LogP contribution in [0.5, 0.6) is 0 Å². The number of carbonyl (C=O) groups excluding carboxylic acids is 2. The van der Waals surface area contributed by atoms with Crippen LogP contribution in [-0.4, -0.2) is 34.1 Å². The maximum absolute atomic E-state index is 11.8. The number of amides is 2. The van der Waals surface area contributed by atoms with E-state index in [4.69, 9.17) is 5.11 Å². The van der Waals surface area contributed by atoms with E-state index in [2.05, 4.69) is 20.8 Å². The molecule has 130 valence electrons. The van der Waals surface area contributed by atoms with Crippen LogP contribution in [0.15, 0.2) is 59.8 Å². The van der Waals surface area contributed by atoms with Crippen LogP contribution < -0.4 is 10.7 Å². The molecule has 1 heterocycles. The second kappa shape index (κ2) is 7.31. The molecule has 0 radical (unpaired) electrons. The van der Waals surface area contributed by atoms with Gasteiger partial charge in [0.05, 0.1) is 11.8 Å². The number of fused-ring (bicyclic) bond motifs is 1. The molecule has 8 nitrogen and oxygen atoms in total. The monoisotopic (exact) mass is 350 g/mol. The van der Waals surface area contributed by atoms with Gasteiger partial charge in [0.25, 0.3) is 0 Å². The van der Waals surface area contributed by atoms with Crippen LogP contribution in [0, 0.1) is 0 Å². The molecule has 0 atom stereocenters. The van der Waals surface area contributed by atoms with Gasteiger partial charge in [0.1, 0.15) is 0 Å². The van der Waals surface area contributed by atoms with Crippen molar-refractivity contribution in [2.24, 2.45) is 5.10 Å². The summed E-state index contributed by atoms with van der Waals surface area (Å²) < 4.78 is 0. The van der Waals surface area contributed by atoms with E-state index in [-0.39, 0.29) is 5.56 Å². The fourth-order valence-electron chi connectivity index (χ4n) is 2.30. The van der Waals surface area contributed by atoms with Crippen molar-refractivity contribution in [3.05, 3.63) is 65.9 Å². The molecule has 0 saturated heterocycles. The smallest absolute Gasteiger partial charge is 0.335 e. The van der Waals surface area contributed by atoms with E-state index < -0.39 is 17.8 Å². The molecular weight excluding hydrogens is 336 g/mol. The highest BCUT2D eigenvalue weighted by molar-refractivity contribution is 6.39. The molecule has 0 aliphatic heterocycles. The third-order valence-corrected chi connectivity index (χ3v) is 3.59. The Labute approximate surface area is 147 Å². The Hall–Kier alpha value is -3.94. The van der Waals surface area contributed by atoms with Crippen molar-refractivity contribution in [2.45, 2.75) is 0 Å². The van der Waals surface area contributed by atoms with Gasteiger partial charge in [-0.05, 0) is 30.3 Å². The number of aromatic nitrogens is 1. The van der Waals surface area contributed by atoms with E-state index in [1.807, 2.05) is 24.3 Å². The molecular formula is C18H14N4O4. The predicted molar refractivity (Wildman–Crippen MR) is 96.1 cm³/mol. The lowest BCUT2D eigenvalue weighted by Crippen LogP contribution is -2.32. The van der Waals surface area contributed by atoms with Gasteiger partial charge < -0.3 is 15.4 Å². The Bertz CT molecular complexity index is 1010. The van der Waals surface area contributed by atoms with Crippen LogP contribution in [0.4, 0.5) is 5.69 Å². The van der Waals surface area contributed by atoms with Gasteiger partial charge in [-0.25, -0.2) is 10.2 Å². The Kier molecular flexibility index (Phi) is 4.75. The van der Waals surface area contributed by atoms with Gasteiger partial charge in [-0.1, -0.05) is 18.2 Å². The van der Waals surface area contributed by atoms with E-state index in [1.54, 1.807) is 6.20 Å². The zero-order chi connectivity index (χ0) is 18.5. The van der Waals surface area contributed by atoms with Crippen LogP contribution in [0.2, 0.25) is 0 Å². The quantitative estimate of drug-likeness (QED) is 0.326. The predicted octanol–water partition coefficient (Wildman–Crippen LogP) is 1.95. The maximum atomic E-state index is 11.8. The molecule has 0 aliphatic carbocycles. The van der Waals surface area contributed by atoms with Crippen molar-refractivity contribution in [1.82, 2.24) is 10.4 Å². The molecule has 2 amide bonds. The normalized spacial score (nSPS) is 10.8. The van der Waals surface area contributed by atoms with Gasteiger partial charge in [0.15, 0.2) is 0 Å². The van der Waals surface area contributed by atoms with Crippen LogP contribution in [0.1, 0.15) is 15.9 Å². The van der Waals surface area contributed by atoms with Gasteiger partial charge >= 0.3 is 17.8 Å². The Morgan fingerprint density at radius 3 is 2.46 bits per heavy atom. The van der Waals surface area contributed by atoms with Gasteiger partial charge in [0.2, 0.25) is 0 Å². The first kappa shape index (κ1) is 16.9. The summed E-state index contributed by atoms with van der Waals surface area (Å²) in [5.41, 5.74) is 4.23. The summed E-state index contributed by atoms with van der Waals surface area (Å²) in [7, 11) is 0. The van der Waals surface area contributed by atoms with Crippen molar-refractivity contribution >= 4 is 40.6 Å². The summed E-state index contributed by atoms with van der Waals surface area (Å²) in [6, 6.07) is 13.0. The number of hydrazone groups is 1. The van der Waals surface area contributed by atoms with Gasteiger partial charge in [-0.15, -0.1) is 0 Å². The summed E-state index contributed by atoms with van der Waals surface area (Å²) in [6.45, 7) is 0. The molecule has 3 aromatic rings. The second-order valence-corrected chi connectivity index (χ2v) is 5.33. The zero-order valence-electron chi connectivity index (χ0n) is 13.4. The molecule has 0 bridgehead atoms. The van der Waals surface area contributed by atoms with Crippen LogP contribution in [0.3, 0.4) is 0 Å². The van der Waals surface area contributed by atoms with E-state index >= 15 is 0 Å². The van der Waals surface area contributed by atoms with Crippen molar-refractivity contribution in [3.63, 3.8) is 0 Å². The number of benzene rings is 2. The average Bonchev–Trinajstić information content (AvgIpc) is 3.05. The lowest BCUT2D eigenvalue weighted by molar-refractivity contribution is -0.136. The SMILES string of the molecule is O=C(N/N=C/c1c[nH]c2ccccc12)C(=O)Nc1ccc(C(=O)O)cc1. The zero-order valence-corrected chi connectivity index (χ0v) is 13.4. The molecule has 4 N–H and O–H groups in total. The topological polar surface area (TPSA) is 124 Å². The average molecular weight is 350 g/mol. The van der Waals surface area contributed by atoms with Crippen molar-refractivity contribution in [2.75, 3.05) is 5.32 Å². The highest BCUT2D eigenvalue weighted by atomic mass is 16.4. The fraction of sp³-hybridized carbons (Fsp3) is 0. The van der Waals surface area contributed by atoms with Gasteiger partial charge in [-0.2, -0.15) is 5.10 Å². The number of rotatable bonds is 4. The number of H-pyrrole nitrogens is 1. The minimum atomic E-state index is -1.08. The molecule has 1 aromatic heterocycles. The summed E-state index contributed by atoms with van der Waals surface area (Å²) in [6.07, 6.45) is 3.18.